The molecule has 0 N–H and O–H groups in total. The quantitative estimate of drug-likeness (QED) is 0.714. The van der Waals surface area contributed by atoms with E-state index < -0.39 is 0 Å². The van der Waals surface area contributed by atoms with Crippen LogP contribution in [-0.2, 0) is 0 Å². The van der Waals surface area contributed by atoms with E-state index in [0.29, 0.717) is 5.15 Å². The van der Waals surface area contributed by atoms with Gasteiger partial charge in [-0.15, -0.1) is 0 Å². The van der Waals surface area contributed by atoms with Crippen LogP contribution in [0, 0.1) is 0 Å². The summed E-state index contributed by atoms with van der Waals surface area (Å²) in [6.07, 6.45) is 3.33. The molecule has 0 saturated heterocycles. The normalized spacial score (nSPS) is 10.7. The third-order valence-electron chi connectivity index (χ3n) is 3.19. The summed E-state index contributed by atoms with van der Waals surface area (Å²) in [5, 5.41) is 0.416. The zero-order chi connectivity index (χ0) is 13.8. The Kier molecular flexibility index (Phi) is 3.75. The first-order valence-corrected chi connectivity index (χ1v) is 6.80. The smallest absolute Gasteiger partial charge is 0.147 e. The maximum Gasteiger partial charge on any atom is 0.147 e. The van der Waals surface area contributed by atoms with Crippen molar-refractivity contribution in [2.24, 2.45) is 0 Å². The van der Waals surface area contributed by atoms with Crippen LogP contribution in [0.2, 0.25) is 5.15 Å². The van der Waals surface area contributed by atoms with Crippen molar-refractivity contribution in [1.29, 1.82) is 0 Å². The molecule has 3 heteroatoms. The molecule has 0 aliphatic heterocycles. The lowest BCUT2D eigenvalue weighted by Crippen LogP contribution is -2.06. The zero-order valence-corrected chi connectivity index (χ0v) is 11.5. The van der Waals surface area contributed by atoms with Gasteiger partial charge in [-0.1, -0.05) is 72.3 Å². The summed E-state index contributed by atoms with van der Waals surface area (Å²) in [4.78, 5) is 8.59. The minimum absolute atomic E-state index is 0.0450. The molecule has 20 heavy (non-hydrogen) atoms. The van der Waals surface area contributed by atoms with E-state index in [2.05, 4.69) is 34.2 Å². The van der Waals surface area contributed by atoms with E-state index in [1.807, 2.05) is 36.4 Å². The Morgan fingerprint density at radius 2 is 1.30 bits per heavy atom. The standard InChI is InChI=1S/C17H13ClN2/c18-16-12-19-11-15(20-16)17(13-7-3-1-4-8-13)14-9-5-2-6-10-14/h1-12,17H. The Morgan fingerprint density at radius 1 is 0.750 bits per heavy atom. The maximum atomic E-state index is 5.99. The van der Waals surface area contributed by atoms with Crippen molar-refractivity contribution < 1.29 is 0 Å². The molecule has 98 valence electrons. The second-order valence-electron chi connectivity index (χ2n) is 4.52. The van der Waals surface area contributed by atoms with Gasteiger partial charge in [0, 0.05) is 6.20 Å². The van der Waals surface area contributed by atoms with E-state index >= 15 is 0 Å². The number of hydrogen-bond acceptors (Lipinski definition) is 2. The number of hydrogen-bond donors (Lipinski definition) is 0. The molecule has 0 fully saturated rings. The molecule has 0 bridgehead atoms. The monoisotopic (exact) mass is 280 g/mol. The van der Waals surface area contributed by atoms with Crippen LogP contribution in [0.25, 0.3) is 0 Å². The molecule has 3 rings (SSSR count). The van der Waals surface area contributed by atoms with Gasteiger partial charge < -0.3 is 0 Å². The van der Waals surface area contributed by atoms with Crippen LogP contribution in [0.15, 0.2) is 73.1 Å². The fraction of sp³-hybridized carbons (Fsp3) is 0.0588. The molecule has 0 unspecified atom stereocenters. The van der Waals surface area contributed by atoms with Crippen LogP contribution < -0.4 is 0 Å². The van der Waals surface area contributed by atoms with Gasteiger partial charge in [-0.2, -0.15) is 0 Å². The molecule has 1 heterocycles. The highest BCUT2D eigenvalue weighted by Crippen LogP contribution is 2.30. The molecular formula is C17H13ClN2. The minimum Gasteiger partial charge on any atom is -0.260 e. The van der Waals surface area contributed by atoms with Crippen LogP contribution >= 0.6 is 11.6 Å². The average molecular weight is 281 g/mol. The van der Waals surface area contributed by atoms with Crippen LogP contribution in [0.5, 0.6) is 0 Å². The zero-order valence-electron chi connectivity index (χ0n) is 10.8. The third-order valence-corrected chi connectivity index (χ3v) is 3.37. The van der Waals surface area contributed by atoms with Gasteiger partial charge in [0.15, 0.2) is 0 Å². The number of aromatic nitrogens is 2. The summed E-state index contributed by atoms with van der Waals surface area (Å²) in [6.45, 7) is 0. The maximum absolute atomic E-state index is 5.99. The number of rotatable bonds is 3. The van der Waals surface area contributed by atoms with Gasteiger partial charge in [0.1, 0.15) is 5.15 Å². The SMILES string of the molecule is Clc1cncc(C(c2ccccc2)c2ccccc2)n1. The molecule has 2 aromatic carbocycles. The van der Waals surface area contributed by atoms with Crippen molar-refractivity contribution in [3.05, 3.63) is 95.0 Å². The molecular weight excluding hydrogens is 268 g/mol. The van der Waals surface area contributed by atoms with Gasteiger partial charge in [0.25, 0.3) is 0 Å². The molecule has 0 radical (unpaired) electrons. The molecule has 0 spiro atoms. The number of benzene rings is 2. The third kappa shape index (κ3) is 2.70. The molecule has 3 aromatic rings. The fourth-order valence-corrected chi connectivity index (χ4v) is 2.47. The largest absolute Gasteiger partial charge is 0.260 e. The van der Waals surface area contributed by atoms with E-state index in [4.69, 9.17) is 11.6 Å². The first-order valence-electron chi connectivity index (χ1n) is 6.42. The molecule has 0 saturated carbocycles. The van der Waals surface area contributed by atoms with Gasteiger partial charge in [-0.3, -0.25) is 4.98 Å². The van der Waals surface area contributed by atoms with Gasteiger partial charge in [0.05, 0.1) is 17.8 Å². The Morgan fingerprint density at radius 3 is 1.80 bits per heavy atom. The number of nitrogens with zero attached hydrogens (tertiary/aromatic N) is 2. The van der Waals surface area contributed by atoms with Crippen molar-refractivity contribution in [1.82, 2.24) is 9.97 Å². The highest BCUT2D eigenvalue weighted by molar-refractivity contribution is 6.29. The summed E-state index contributed by atoms with van der Waals surface area (Å²) in [5.41, 5.74) is 3.21. The van der Waals surface area contributed by atoms with Gasteiger partial charge in [-0.05, 0) is 11.1 Å². The molecule has 0 aliphatic rings. The predicted octanol–water partition coefficient (Wildman–Crippen LogP) is 4.31. The summed E-state index contributed by atoms with van der Waals surface area (Å²) < 4.78 is 0. The van der Waals surface area contributed by atoms with E-state index in [9.17, 15) is 0 Å². The van der Waals surface area contributed by atoms with Gasteiger partial charge in [0.2, 0.25) is 0 Å². The van der Waals surface area contributed by atoms with Crippen molar-refractivity contribution in [2.45, 2.75) is 5.92 Å². The van der Waals surface area contributed by atoms with E-state index in [-0.39, 0.29) is 5.92 Å². The summed E-state index contributed by atoms with van der Waals surface area (Å²) in [6, 6.07) is 20.5. The molecule has 0 amide bonds. The van der Waals surface area contributed by atoms with Crippen molar-refractivity contribution in [3.8, 4) is 0 Å². The van der Waals surface area contributed by atoms with Crippen LogP contribution in [-0.4, -0.2) is 9.97 Å². The Hall–Kier alpha value is -2.19. The second kappa shape index (κ2) is 5.85. The first-order chi connectivity index (χ1) is 9.84. The van der Waals surface area contributed by atoms with E-state index in [1.165, 1.54) is 11.1 Å². The topological polar surface area (TPSA) is 25.8 Å². The highest BCUT2D eigenvalue weighted by atomic mass is 35.5. The van der Waals surface area contributed by atoms with E-state index in [0.717, 1.165) is 5.69 Å². The lowest BCUT2D eigenvalue weighted by molar-refractivity contribution is 0.901. The fourth-order valence-electron chi connectivity index (χ4n) is 2.32. The summed E-state index contributed by atoms with van der Waals surface area (Å²) in [5.74, 6) is 0.0450. The Labute approximate surface area is 123 Å². The van der Waals surface area contributed by atoms with Gasteiger partial charge in [-0.25, -0.2) is 4.98 Å². The lowest BCUT2D eigenvalue weighted by Gasteiger charge is -2.17. The highest BCUT2D eigenvalue weighted by Gasteiger charge is 2.18. The summed E-state index contributed by atoms with van der Waals surface area (Å²) >= 11 is 5.99. The molecule has 2 nitrogen and oxygen atoms in total. The van der Waals surface area contributed by atoms with Crippen LogP contribution in [0.4, 0.5) is 0 Å². The second-order valence-corrected chi connectivity index (χ2v) is 4.91. The lowest BCUT2D eigenvalue weighted by atomic mass is 9.89. The average Bonchev–Trinajstić information content (AvgIpc) is 2.50. The molecule has 1 aromatic heterocycles. The van der Waals surface area contributed by atoms with E-state index in [1.54, 1.807) is 12.4 Å². The van der Waals surface area contributed by atoms with Gasteiger partial charge >= 0.3 is 0 Å². The van der Waals surface area contributed by atoms with Crippen LogP contribution in [0.1, 0.15) is 22.7 Å². The Bertz CT molecular complexity index is 644. The molecule has 0 aliphatic carbocycles. The predicted molar refractivity (Wildman–Crippen MR) is 80.9 cm³/mol. The van der Waals surface area contributed by atoms with Crippen molar-refractivity contribution in [3.63, 3.8) is 0 Å². The summed E-state index contributed by atoms with van der Waals surface area (Å²) in [7, 11) is 0. The first kappa shape index (κ1) is 12.8. The van der Waals surface area contributed by atoms with Crippen molar-refractivity contribution >= 4 is 11.6 Å². The molecule has 0 atom stereocenters. The minimum atomic E-state index is 0.0450. The van der Waals surface area contributed by atoms with Crippen molar-refractivity contribution in [2.75, 3.05) is 0 Å². The Balaban J connectivity index is 2.14. The van der Waals surface area contributed by atoms with Crippen LogP contribution in [0.3, 0.4) is 0 Å². The number of halogens is 1.